The highest BCUT2D eigenvalue weighted by Gasteiger charge is 2.10. The number of nitrogens with one attached hydrogen (secondary N) is 1. The van der Waals surface area contributed by atoms with Crippen molar-refractivity contribution in [2.75, 3.05) is 13.7 Å². The lowest BCUT2D eigenvalue weighted by atomic mass is 10.1. The quantitative estimate of drug-likeness (QED) is 0.703. The normalized spacial score (nSPS) is 11.5. The number of carboxylic acid groups (broad SMARTS) is 1. The minimum Gasteiger partial charge on any atom is -0.497 e. The van der Waals surface area contributed by atoms with Crippen molar-refractivity contribution in [3.63, 3.8) is 0 Å². The molecule has 0 aliphatic rings. The molecule has 2 aromatic rings. The highest BCUT2D eigenvalue weighted by atomic mass is 16.5. The van der Waals surface area contributed by atoms with Crippen molar-refractivity contribution in [3.8, 4) is 22.9 Å². The molecule has 8 heteroatoms. The van der Waals surface area contributed by atoms with Crippen LogP contribution in [0.4, 0.5) is 0 Å². The van der Waals surface area contributed by atoms with Gasteiger partial charge in [-0.3, -0.25) is 9.59 Å². The molecule has 0 saturated carbocycles. The first-order valence-corrected chi connectivity index (χ1v) is 8.10. The van der Waals surface area contributed by atoms with Gasteiger partial charge in [0, 0.05) is 18.1 Å². The van der Waals surface area contributed by atoms with Crippen LogP contribution in [0.15, 0.2) is 36.4 Å². The van der Waals surface area contributed by atoms with Crippen LogP contribution in [0, 0.1) is 0 Å². The summed E-state index contributed by atoms with van der Waals surface area (Å²) in [6.45, 7) is 1.97. The number of hydrogen-bond donors (Lipinski definition) is 2. The van der Waals surface area contributed by atoms with E-state index in [4.69, 9.17) is 14.6 Å². The number of rotatable bonds is 9. The molecule has 1 aromatic heterocycles. The predicted octanol–water partition coefficient (Wildman–Crippen LogP) is 1.90. The first kappa shape index (κ1) is 19.2. The molecule has 0 fully saturated rings. The zero-order valence-electron chi connectivity index (χ0n) is 14.6. The van der Waals surface area contributed by atoms with Gasteiger partial charge in [-0.1, -0.05) is 0 Å². The average molecular weight is 359 g/mol. The minimum atomic E-state index is -1.00. The van der Waals surface area contributed by atoms with E-state index in [9.17, 15) is 9.59 Å². The number of carboxylic acids is 1. The molecule has 1 unspecified atom stereocenters. The van der Waals surface area contributed by atoms with Crippen LogP contribution in [0.3, 0.4) is 0 Å². The van der Waals surface area contributed by atoms with Crippen molar-refractivity contribution in [2.24, 2.45) is 0 Å². The highest BCUT2D eigenvalue weighted by Crippen LogP contribution is 2.21. The predicted molar refractivity (Wildman–Crippen MR) is 94.0 cm³/mol. The summed E-state index contributed by atoms with van der Waals surface area (Å²) >= 11 is 0. The van der Waals surface area contributed by atoms with E-state index in [0.29, 0.717) is 11.6 Å². The van der Waals surface area contributed by atoms with Crippen molar-refractivity contribution >= 4 is 11.9 Å². The van der Waals surface area contributed by atoms with Gasteiger partial charge in [-0.15, -0.1) is 10.2 Å². The smallest absolute Gasteiger partial charge is 0.303 e. The maximum Gasteiger partial charge on any atom is 0.303 e. The van der Waals surface area contributed by atoms with E-state index < -0.39 is 5.97 Å². The molecule has 1 heterocycles. The molecule has 0 aliphatic heterocycles. The van der Waals surface area contributed by atoms with Crippen LogP contribution in [0.2, 0.25) is 0 Å². The van der Waals surface area contributed by atoms with Crippen LogP contribution in [0.1, 0.15) is 19.8 Å². The van der Waals surface area contributed by atoms with Gasteiger partial charge < -0.3 is 19.9 Å². The second-order valence-electron chi connectivity index (χ2n) is 5.66. The molecule has 2 N–H and O–H groups in total. The molecule has 0 aliphatic carbocycles. The highest BCUT2D eigenvalue weighted by molar-refractivity contribution is 5.80. The Morgan fingerprint density at radius 2 is 1.85 bits per heavy atom. The van der Waals surface area contributed by atoms with E-state index >= 15 is 0 Å². The zero-order valence-corrected chi connectivity index (χ0v) is 14.6. The van der Waals surface area contributed by atoms with E-state index in [2.05, 4.69) is 15.5 Å². The Kier molecular flexibility index (Phi) is 6.90. The molecule has 8 nitrogen and oxygen atoms in total. The molecule has 0 radical (unpaired) electrons. The second-order valence-corrected chi connectivity index (χ2v) is 5.66. The summed E-state index contributed by atoms with van der Waals surface area (Å²) in [5.74, 6) is -0.226. The molecule has 0 saturated heterocycles. The Morgan fingerprint density at radius 1 is 1.12 bits per heavy atom. The maximum atomic E-state index is 11.5. The number of carbonyl (C=O) groups excluding carboxylic acids is 1. The Morgan fingerprint density at radius 3 is 2.42 bits per heavy atom. The Hall–Kier alpha value is -3.16. The van der Waals surface area contributed by atoms with Gasteiger partial charge in [-0.2, -0.15) is 0 Å². The van der Waals surface area contributed by atoms with Gasteiger partial charge in [0.25, 0.3) is 0 Å². The molecule has 0 spiro atoms. The lowest BCUT2D eigenvalue weighted by molar-refractivity contribution is -0.138. The molecule has 1 aromatic carbocycles. The molecular weight excluding hydrogens is 338 g/mol. The fourth-order valence-corrected chi connectivity index (χ4v) is 2.13. The van der Waals surface area contributed by atoms with Crippen LogP contribution >= 0.6 is 0 Å². The zero-order chi connectivity index (χ0) is 18.9. The number of amides is 1. The summed E-state index contributed by atoms with van der Waals surface area (Å²) in [7, 11) is 1.61. The molecule has 138 valence electrons. The fourth-order valence-electron chi connectivity index (χ4n) is 2.13. The van der Waals surface area contributed by atoms with Crippen LogP contribution in [0.25, 0.3) is 11.3 Å². The first-order valence-electron chi connectivity index (χ1n) is 8.10. The molecular formula is C18H21N3O5. The summed E-state index contributed by atoms with van der Waals surface area (Å²) in [6, 6.07) is 10.7. The van der Waals surface area contributed by atoms with Gasteiger partial charge in [0.05, 0.1) is 25.3 Å². The minimum absolute atomic E-state index is 0.0595. The van der Waals surface area contributed by atoms with Crippen molar-refractivity contribution in [1.29, 1.82) is 0 Å². The maximum absolute atomic E-state index is 11.5. The fraction of sp³-hybridized carbons (Fsp3) is 0.333. The van der Waals surface area contributed by atoms with E-state index in [1.165, 1.54) is 0 Å². The summed E-state index contributed by atoms with van der Waals surface area (Å²) in [5, 5.41) is 19.4. The number of aliphatic carboxylic acids is 1. The molecule has 2 rings (SSSR count). The molecule has 26 heavy (non-hydrogen) atoms. The van der Waals surface area contributed by atoms with Crippen LogP contribution in [-0.4, -0.2) is 46.9 Å². The average Bonchev–Trinajstić information content (AvgIpc) is 2.65. The van der Waals surface area contributed by atoms with E-state index in [1.54, 1.807) is 26.2 Å². The van der Waals surface area contributed by atoms with E-state index in [-0.39, 0.29) is 31.4 Å². The van der Waals surface area contributed by atoms with Crippen molar-refractivity contribution in [1.82, 2.24) is 15.5 Å². The Bertz CT molecular complexity index is 731. The van der Waals surface area contributed by atoms with Crippen molar-refractivity contribution < 1.29 is 24.2 Å². The molecule has 1 amide bonds. The van der Waals surface area contributed by atoms with Crippen LogP contribution in [-0.2, 0) is 9.59 Å². The van der Waals surface area contributed by atoms with Gasteiger partial charge in [0.15, 0.2) is 0 Å². The third kappa shape index (κ3) is 6.04. The van der Waals surface area contributed by atoms with Crippen LogP contribution in [0.5, 0.6) is 11.6 Å². The topological polar surface area (TPSA) is 111 Å². The van der Waals surface area contributed by atoms with Gasteiger partial charge in [-0.05, 0) is 37.3 Å². The number of nitrogens with zero attached hydrogens (tertiary/aromatic N) is 2. The number of benzene rings is 1. The van der Waals surface area contributed by atoms with Gasteiger partial charge in [0.1, 0.15) is 12.4 Å². The van der Waals surface area contributed by atoms with Gasteiger partial charge >= 0.3 is 5.97 Å². The summed E-state index contributed by atoms with van der Waals surface area (Å²) in [5.41, 5.74) is 1.61. The first-order chi connectivity index (χ1) is 12.5. The molecule has 0 bridgehead atoms. The largest absolute Gasteiger partial charge is 0.497 e. The standard InChI is InChI=1S/C18H21N3O5/c1-12(19-16(22)8-10-18(23)24)11-26-17-9-7-15(20-21-17)13-3-5-14(25-2)6-4-13/h3-7,9,12H,8,10-11H2,1-2H3,(H,19,22)(H,23,24). The van der Waals surface area contributed by atoms with Crippen molar-refractivity contribution in [2.45, 2.75) is 25.8 Å². The van der Waals surface area contributed by atoms with E-state index in [0.717, 1.165) is 11.3 Å². The number of methoxy groups -OCH3 is 1. The monoisotopic (exact) mass is 359 g/mol. The Labute approximate surface area is 151 Å². The Balaban J connectivity index is 1.83. The lowest BCUT2D eigenvalue weighted by Gasteiger charge is -2.14. The van der Waals surface area contributed by atoms with Crippen molar-refractivity contribution in [3.05, 3.63) is 36.4 Å². The van der Waals surface area contributed by atoms with Crippen LogP contribution < -0.4 is 14.8 Å². The third-order valence-electron chi connectivity index (χ3n) is 3.48. The molecule has 1 atom stereocenters. The number of carbonyl (C=O) groups is 2. The summed E-state index contributed by atoms with van der Waals surface area (Å²) in [6.07, 6.45) is -0.256. The van der Waals surface area contributed by atoms with E-state index in [1.807, 2.05) is 24.3 Å². The number of hydrogen-bond acceptors (Lipinski definition) is 6. The summed E-state index contributed by atoms with van der Waals surface area (Å²) < 4.78 is 10.6. The number of ether oxygens (including phenoxy) is 2. The number of aromatic nitrogens is 2. The second kappa shape index (κ2) is 9.36. The third-order valence-corrected chi connectivity index (χ3v) is 3.48. The SMILES string of the molecule is COc1ccc(-c2ccc(OCC(C)NC(=O)CCC(=O)O)nn2)cc1. The van der Waals surface area contributed by atoms with Gasteiger partial charge in [-0.25, -0.2) is 0 Å². The van der Waals surface area contributed by atoms with Gasteiger partial charge in [0.2, 0.25) is 11.8 Å². The lowest BCUT2D eigenvalue weighted by Crippen LogP contribution is -2.37. The summed E-state index contributed by atoms with van der Waals surface area (Å²) in [4.78, 5) is 22.0.